The minimum atomic E-state index is -0.0976. The molecule has 2 aliphatic rings. The van der Waals surface area contributed by atoms with E-state index in [4.69, 9.17) is 30.8 Å². The van der Waals surface area contributed by atoms with Crippen molar-refractivity contribution in [1.29, 1.82) is 0 Å². The summed E-state index contributed by atoms with van der Waals surface area (Å²) in [6.45, 7) is 8.85. The van der Waals surface area contributed by atoms with Gasteiger partial charge in [0.05, 0.1) is 43.3 Å². The monoisotopic (exact) mass is 537 g/mol. The highest BCUT2D eigenvalue weighted by molar-refractivity contribution is 6.35. The quantitative estimate of drug-likeness (QED) is 0.537. The first-order valence-electron chi connectivity index (χ1n) is 12.8. The normalized spacial score (nSPS) is 21.0. The standard InChI is InChI=1S/C30H36ClN3O4/c1-7-27(35)34(4)24-13-14-38-17-23(24)33-30-18(2)9-8-10-20-15-21(11-12-22(20)32-30)28-19(3)25(36-5)16-26(37-6)29(28)31/h7,10-12,15-16,23-24,33H,1,8-9,13-14,17H2,2-6H3/b20-10-,30-18?,32-22-/t23-,24+/m1/s1. The molecule has 0 aliphatic carbocycles. The van der Waals surface area contributed by atoms with E-state index in [-0.39, 0.29) is 18.0 Å². The minimum absolute atomic E-state index is 0.0169. The molecule has 1 N–H and O–H groups in total. The Morgan fingerprint density at radius 2 is 2.00 bits per heavy atom. The number of nitrogens with one attached hydrogen (secondary N) is 1. The van der Waals surface area contributed by atoms with Crippen LogP contribution in [0, 0.1) is 6.92 Å². The van der Waals surface area contributed by atoms with Gasteiger partial charge in [-0.15, -0.1) is 0 Å². The van der Waals surface area contributed by atoms with E-state index in [1.807, 2.05) is 32.2 Å². The van der Waals surface area contributed by atoms with E-state index < -0.39 is 0 Å². The smallest absolute Gasteiger partial charge is 0.246 e. The molecular formula is C30H36ClN3O4. The maximum atomic E-state index is 12.3. The fourth-order valence-corrected chi connectivity index (χ4v) is 5.51. The molecule has 2 aromatic carbocycles. The highest BCUT2D eigenvalue weighted by Crippen LogP contribution is 2.42. The van der Waals surface area contributed by atoms with Crippen LogP contribution in [0.5, 0.6) is 11.5 Å². The summed E-state index contributed by atoms with van der Waals surface area (Å²) in [5.74, 6) is 2.01. The number of amides is 1. The molecule has 2 heterocycles. The largest absolute Gasteiger partial charge is 0.496 e. The number of methoxy groups -OCH3 is 2. The van der Waals surface area contributed by atoms with Crippen molar-refractivity contribution in [2.75, 3.05) is 34.5 Å². The van der Waals surface area contributed by atoms with Crippen LogP contribution >= 0.6 is 11.6 Å². The first-order chi connectivity index (χ1) is 18.3. The molecule has 202 valence electrons. The summed E-state index contributed by atoms with van der Waals surface area (Å²) in [6, 6.07) is 7.88. The molecule has 0 saturated carbocycles. The number of rotatable bonds is 7. The van der Waals surface area contributed by atoms with E-state index in [9.17, 15) is 4.79 Å². The van der Waals surface area contributed by atoms with Gasteiger partial charge in [-0.05, 0) is 67.7 Å². The molecular weight excluding hydrogens is 502 g/mol. The number of likely N-dealkylation sites (N-methyl/N-ethyl adjacent to an activating group) is 1. The van der Waals surface area contributed by atoms with Crippen LogP contribution in [0.15, 0.2) is 53.3 Å². The molecule has 2 atom stereocenters. The SMILES string of the molecule is C=CC(=O)N(C)[C@H]1CCOC[C@H]1NC1=C(C)CC/C=c2/cc(-c3c(C)c(OC)cc(OC)c3Cl)cc/c2=N/1. The second-order valence-corrected chi connectivity index (χ2v) is 10.1. The first-order valence-corrected chi connectivity index (χ1v) is 13.2. The summed E-state index contributed by atoms with van der Waals surface area (Å²) >= 11 is 6.76. The van der Waals surface area contributed by atoms with Crippen molar-refractivity contribution in [2.45, 2.75) is 45.2 Å². The lowest BCUT2D eigenvalue weighted by molar-refractivity contribution is -0.129. The van der Waals surface area contributed by atoms with Gasteiger partial charge in [0.15, 0.2) is 0 Å². The van der Waals surface area contributed by atoms with E-state index in [2.05, 4.69) is 31.0 Å². The molecule has 1 fully saturated rings. The summed E-state index contributed by atoms with van der Waals surface area (Å²) < 4.78 is 16.9. The first kappa shape index (κ1) is 27.7. The highest BCUT2D eigenvalue weighted by Gasteiger charge is 2.31. The van der Waals surface area contributed by atoms with E-state index in [0.29, 0.717) is 24.0 Å². The Hall–Kier alpha value is -3.29. The number of fused-ring (bicyclic) bond motifs is 1. The van der Waals surface area contributed by atoms with E-state index in [1.54, 1.807) is 19.1 Å². The Morgan fingerprint density at radius 3 is 2.71 bits per heavy atom. The zero-order chi connectivity index (χ0) is 27.4. The van der Waals surface area contributed by atoms with Gasteiger partial charge in [0.2, 0.25) is 5.91 Å². The summed E-state index contributed by atoms with van der Waals surface area (Å²) in [7, 11) is 5.06. The Kier molecular flexibility index (Phi) is 8.80. The Morgan fingerprint density at radius 1 is 1.24 bits per heavy atom. The van der Waals surface area contributed by atoms with Crippen molar-refractivity contribution in [1.82, 2.24) is 10.2 Å². The van der Waals surface area contributed by atoms with Gasteiger partial charge in [-0.25, -0.2) is 4.99 Å². The van der Waals surface area contributed by atoms with Crippen LogP contribution in [-0.4, -0.2) is 57.4 Å². The van der Waals surface area contributed by atoms with Gasteiger partial charge in [0, 0.05) is 30.8 Å². The fraction of sp³-hybridized carbons (Fsp3) is 0.400. The van der Waals surface area contributed by atoms with Gasteiger partial charge >= 0.3 is 0 Å². The van der Waals surface area contributed by atoms with Crippen molar-refractivity contribution < 1.29 is 19.0 Å². The lowest BCUT2D eigenvalue weighted by Gasteiger charge is -2.38. The van der Waals surface area contributed by atoms with Gasteiger partial charge < -0.3 is 24.4 Å². The number of hydrogen-bond acceptors (Lipinski definition) is 6. The molecule has 0 spiro atoms. The fourth-order valence-electron chi connectivity index (χ4n) is 5.13. The molecule has 0 unspecified atom stereocenters. The number of carbonyl (C=O) groups excluding carboxylic acids is 1. The topological polar surface area (TPSA) is 72.4 Å². The number of benzene rings is 2. The number of ether oxygens (including phenoxy) is 3. The highest BCUT2D eigenvalue weighted by atomic mass is 35.5. The number of nitrogens with zero attached hydrogens (tertiary/aromatic N) is 2. The molecule has 7 nitrogen and oxygen atoms in total. The predicted molar refractivity (Wildman–Crippen MR) is 151 cm³/mol. The van der Waals surface area contributed by atoms with Crippen LogP contribution in [0.2, 0.25) is 5.02 Å². The number of carbonyl (C=O) groups is 1. The number of halogens is 1. The van der Waals surface area contributed by atoms with Crippen LogP contribution < -0.4 is 25.4 Å². The van der Waals surface area contributed by atoms with Crippen LogP contribution in [0.4, 0.5) is 0 Å². The minimum Gasteiger partial charge on any atom is -0.496 e. The molecule has 4 rings (SSSR count). The van der Waals surface area contributed by atoms with Crippen molar-refractivity contribution >= 4 is 23.6 Å². The Balaban J connectivity index is 1.74. The van der Waals surface area contributed by atoms with E-state index in [0.717, 1.165) is 63.7 Å². The van der Waals surface area contributed by atoms with Crippen molar-refractivity contribution in [2.24, 2.45) is 4.99 Å². The van der Waals surface area contributed by atoms with Gasteiger partial charge in [-0.3, -0.25) is 4.79 Å². The van der Waals surface area contributed by atoms with Crippen LogP contribution in [0.25, 0.3) is 17.2 Å². The van der Waals surface area contributed by atoms with Gasteiger partial charge in [0.1, 0.15) is 17.3 Å². The van der Waals surface area contributed by atoms with Gasteiger partial charge in [-0.1, -0.05) is 30.3 Å². The molecule has 1 amide bonds. The van der Waals surface area contributed by atoms with Crippen molar-refractivity contribution in [3.8, 4) is 22.6 Å². The third-order valence-corrected chi connectivity index (χ3v) is 7.76. The van der Waals surface area contributed by atoms with Crippen molar-refractivity contribution in [3.63, 3.8) is 0 Å². The molecule has 1 saturated heterocycles. The predicted octanol–water partition coefficient (Wildman–Crippen LogP) is 4.15. The van der Waals surface area contributed by atoms with Crippen molar-refractivity contribution in [3.05, 3.63) is 69.5 Å². The number of hydrogen-bond donors (Lipinski definition) is 1. The molecule has 0 radical (unpaired) electrons. The molecule has 2 aromatic rings. The molecule has 0 bridgehead atoms. The zero-order valence-corrected chi connectivity index (χ0v) is 23.5. The average Bonchev–Trinajstić information content (AvgIpc) is 2.92. The third-order valence-electron chi connectivity index (χ3n) is 7.38. The van der Waals surface area contributed by atoms with Crippen LogP contribution in [-0.2, 0) is 9.53 Å². The summed E-state index contributed by atoms with van der Waals surface area (Å²) in [6.07, 6.45) is 6.05. The lowest BCUT2D eigenvalue weighted by Crippen LogP contribution is -2.55. The molecule has 0 aromatic heterocycles. The summed E-state index contributed by atoms with van der Waals surface area (Å²) in [5, 5.41) is 6.06. The van der Waals surface area contributed by atoms with Crippen LogP contribution in [0.3, 0.4) is 0 Å². The Labute approximate surface area is 229 Å². The van der Waals surface area contributed by atoms with E-state index in [1.165, 1.54) is 6.08 Å². The summed E-state index contributed by atoms with van der Waals surface area (Å²) in [5.41, 5.74) is 3.95. The van der Waals surface area contributed by atoms with Gasteiger partial charge in [-0.2, -0.15) is 0 Å². The maximum absolute atomic E-state index is 12.3. The molecule has 38 heavy (non-hydrogen) atoms. The molecule has 8 heteroatoms. The molecule has 2 aliphatic heterocycles. The second kappa shape index (κ2) is 12.0. The average molecular weight is 538 g/mol. The lowest BCUT2D eigenvalue weighted by atomic mass is 9.97. The van der Waals surface area contributed by atoms with Gasteiger partial charge in [0.25, 0.3) is 0 Å². The maximum Gasteiger partial charge on any atom is 0.246 e. The van der Waals surface area contributed by atoms with Crippen LogP contribution in [0.1, 0.15) is 31.7 Å². The second-order valence-electron chi connectivity index (χ2n) is 9.69. The third kappa shape index (κ3) is 5.59. The van der Waals surface area contributed by atoms with E-state index >= 15 is 0 Å². The Bertz CT molecular complexity index is 1360. The zero-order valence-electron chi connectivity index (χ0n) is 22.8. The number of allylic oxidation sites excluding steroid dienone is 1. The summed E-state index contributed by atoms with van der Waals surface area (Å²) in [4.78, 5) is 19.1.